The minimum atomic E-state index is -0.218. The number of amides is 1. The summed E-state index contributed by atoms with van der Waals surface area (Å²) in [6.07, 6.45) is 0. The number of anilines is 1. The summed E-state index contributed by atoms with van der Waals surface area (Å²) in [7, 11) is 1.76. The van der Waals surface area contributed by atoms with Crippen LogP contribution in [0.15, 0.2) is 36.4 Å². The fourth-order valence-electron chi connectivity index (χ4n) is 1.84. The third-order valence-electron chi connectivity index (χ3n) is 3.04. The molecule has 18 heavy (non-hydrogen) atoms. The lowest BCUT2D eigenvalue weighted by Gasteiger charge is -2.12. The Morgan fingerprint density at radius 2 is 2.00 bits per heavy atom. The molecule has 2 rings (SSSR count). The smallest absolute Gasteiger partial charge is 0.241 e. The first kappa shape index (κ1) is 12.6. The van der Waals surface area contributed by atoms with E-state index in [1.165, 1.54) is 0 Å². The third-order valence-corrected chi connectivity index (χ3v) is 3.04. The standard InChI is InChI=1S/C15H17N2O/c1-10-8-13(17-15(18)11(2)16-3)9-12-6-4-5-7-14(10)12/h4-9,11,16H,1H2,2-3H3,(H,17,18)/t11-/m0/s1. The van der Waals surface area contributed by atoms with Crippen molar-refractivity contribution in [3.05, 3.63) is 48.9 Å². The van der Waals surface area contributed by atoms with E-state index < -0.39 is 0 Å². The number of fused-ring (bicyclic) bond motifs is 1. The van der Waals surface area contributed by atoms with Gasteiger partial charge in [0.15, 0.2) is 0 Å². The van der Waals surface area contributed by atoms with Gasteiger partial charge in [-0.25, -0.2) is 0 Å². The van der Waals surface area contributed by atoms with Crippen LogP contribution in [0.3, 0.4) is 0 Å². The van der Waals surface area contributed by atoms with Crippen LogP contribution in [0.1, 0.15) is 12.5 Å². The second-order valence-corrected chi connectivity index (χ2v) is 4.36. The predicted molar refractivity (Wildman–Crippen MR) is 75.6 cm³/mol. The average Bonchev–Trinajstić information content (AvgIpc) is 2.37. The fraction of sp³-hybridized carbons (Fsp3) is 0.200. The van der Waals surface area contributed by atoms with E-state index in [-0.39, 0.29) is 11.9 Å². The van der Waals surface area contributed by atoms with Gasteiger partial charge in [-0.1, -0.05) is 24.3 Å². The van der Waals surface area contributed by atoms with Crippen LogP contribution in [0.25, 0.3) is 10.8 Å². The van der Waals surface area contributed by atoms with E-state index in [1.54, 1.807) is 7.05 Å². The molecule has 0 saturated carbocycles. The molecule has 0 heterocycles. The molecule has 2 aromatic rings. The summed E-state index contributed by atoms with van der Waals surface area (Å²) < 4.78 is 0. The van der Waals surface area contributed by atoms with Crippen molar-refractivity contribution in [1.29, 1.82) is 0 Å². The van der Waals surface area contributed by atoms with Crippen LogP contribution >= 0.6 is 0 Å². The van der Waals surface area contributed by atoms with Crippen molar-refractivity contribution in [2.75, 3.05) is 12.4 Å². The van der Waals surface area contributed by atoms with Crippen LogP contribution in [0, 0.1) is 6.92 Å². The topological polar surface area (TPSA) is 41.1 Å². The lowest BCUT2D eigenvalue weighted by Crippen LogP contribution is -2.35. The van der Waals surface area contributed by atoms with E-state index in [2.05, 4.69) is 17.6 Å². The average molecular weight is 241 g/mol. The Kier molecular flexibility index (Phi) is 3.63. The molecule has 93 valence electrons. The van der Waals surface area contributed by atoms with Crippen LogP contribution < -0.4 is 10.6 Å². The van der Waals surface area contributed by atoms with Gasteiger partial charge in [0, 0.05) is 5.69 Å². The largest absolute Gasteiger partial charge is 0.325 e. The molecule has 0 aliphatic carbocycles. The zero-order valence-corrected chi connectivity index (χ0v) is 10.7. The number of hydrogen-bond acceptors (Lipinski definition) is 2. The molecule has 0 unspecified atom stereocenters. The Labute approximate surface area is 107 Å². The van der Waals surface area contributed by atoms with Crippen molar-refractivity contribution < 1.29 is 4.79 Å². The first-order valence-corrected chi connectivity index (χ1v) is 5.94. The van der Waals surface area contributed by atoms with E-state index in [0.717, 1.165) is 22.0 Å². The highest BCUT2D eigenvalue weighted by Gasteiger charge is 2.10. The van der Waals surface area contributed by atoms with E-state index in [0.29, 0.717) is 0 Å². The summed E-state index contributed by atoms with van der Waals surface area (Å²) in [5.41, 5.74) is 1.70. The van der Waals surface area contributed by atoms with Crippen molar-refractivity contribution in [1.82, 2.24) is 5.32 Å². The van der Waals surface area contributed by atoms with E-state index >= 15 is 0 Å². The van der Waals surface area contributed by atoms with Gasteiger partial charge in [0.2, 0.25) is 5.91 Å². The highest BCUT2D eigenvalue weighted by molar-refractivity contribution is 5.98. The van der Waals surface area contributed by atoms with E-state index in [4.69, 9.17) is 0 Å². The molecular weight excluding hydrogens is 224 g/mol. The first-order valence-electron chi connectivity index (χ1n) is 5.94. The molecule has 1 amide bonds. The Bertz CT molecular complexity index is 578. The maximum absolute atomic E-state index is 11.8. The van der Waals surface area contributed by atoms with Crippen LogP contribution in [-0.2, 0) is 4.79 Å². The fourth-order valence-corrected chi connectivity index (χ4v) is 1.84. The van der Waals surface area contributed by atoms with Gasteiger partial charge in [0.25, 0.3) is 0 Å². The molecule has 2 aromatic carbocycles. The van der Waals surface area contributed by atoms with Crippen LogP contribution in [0.2, 0.25) is 0 Å². The van der Waals surface area contributed by atoms with Gasteiger partial charge in [0.05, 0.1) is 6.04 Å². The first-order chi connectivity index (χ1) is 8.61. The van der Waals surface area contributed by atoms with Gasteiger partial charge in [-0.05, 0) is 49.4 Å². The molecule has 0 fully saturated rings. The van der Waals surface area contributed by atoms with E-state index in [1.807, 2.05) is 43.3 Å². The highest BCUT2D eigenvalue weighted by Crippen LogP contribution is 2.23. The summed E-state index contributed by atoms with van der Waals surface area (Å²) in [5.74, 6) is -0.0489. The molecule has 1 radical (unpaired) electrons. The molecule has 0 spiro atoms. The summed E-state index contributed by atoms with van der Waals surface area (Å²) in [4.78, 5) is 11.8. The van der Waals surface area contributed by atoms with Gasteiger partial charge in [-0.2, -0.15) is 0 Å². The normalized spacial score (nSPS) is 12.4. The SMILES string of the molecule is [CH2]c1cc(NC(=O)[C@H](C)NC)cc2ccccc12. The van der Waals surface area contributed by atoms with Crippen molar-refractivity contribution in [3.63, 3.8) is 0 Å². The zero-order chi connectivity index (χ0) is 13.1. The van der Waals surface area contributed by atoms with Gasteiger partial charge < -0.3 is 10.6 Å². The number of carbonyl (C=O) groups is 1. The molecule has 0 aliphatic heterocycles. The van der Waals surface area contributed by atoms with Crippen molar-refractivity contribution >= 4 is 22.4 Å². The number of nitrogens with one attached hydrogen (secondary N) is 2. The molecule has 0 aromatic heterocycles. The monoisotopic (exact) mass is 241 g/mol. The molecule has 2 N–H and O–H groups in total. The second kappa shape index (κ2) is 5.19. The third kappa shape index (κ3) is 2.51. The molecule has 0 saturated heterocycles. The number of hydrogen-bond donors (Lipinski definition) is 2. The van der Waals surface area contributed by atoms with Crippen molar-refractivity contribution in [3.8, 4) is 0 Å². The van der Waals surface area contributed by atoms with Crippen LogP contribution in [-0.4, -0.2) is 19.0 Å². The van der Waals surface area contributed by atoms with E-state index in [9.17, 15) is 4.79 Å². The molecule has 3 heteroatoms. The number of rotatable bonds is 3. The molecule has 0 bridgehead atoms. The molecule has 3 nitrogen and oxygen atoms in total. The quantitative estimate of drug-likeness (QED) is 0.867. The van der Waals surface area contributed by atoms with Crippen molar-refractivity contribution in [2.24, 2.45) is 0 Å². The van der Waals surface area contributed by atoms with Crippen LogP contribution in [0.4, 0.5) is 5.69 Å². The Morgan fingerprint density at radius 1 is 1.28 bits per heavy atom. The van der Waals surface area contributed by atoms with Crippen molar-refractivity contribution in [2.45, 2.75) is 13.0 Å². The molecule has 1 atom stereocenters. The van der Waals surface area contributed by atoms with Gasteiger partial charge in [-0.15, -0.1) is 0 Å². The number of likely N-dealkylation sites (N-methyl/N-ethyl adjacent to an activating group) is 1. The number of carbonyl (C=O) groups excluding carboxylic acids is 1. The Morgan fingerprint density at radius 3 is 2.72 bits per heavy atom. The molecular formula is C15H17N2O. The molecule has 0 aliphatic rings. The summed E-state index contributed by atoms with van der Waals surface area (Å²) in [6, 6.07) is 11.6. The van der Waals surface area contributed by atoms with Gasteiger partial charge >= 0.3 is 0 Å². The lowest BCUT2D eigenvalue weighted by atomic mass is 10.0. The van der Waals surface area contributed by atoms with Gasteiger partial charge in [-0.3, -0.25) is 4.79 Å². The lowest BCUT2D eigenvalue weighted by molar-refractivity contribution is -0.117. The van der Waals surface area contributed by atoms with Gasteiger partial charge in [0.1, 0.15) is 0 Å². The summed E-state index contributed by atoms with van der Waals surface area (Å²) >= 11 is 0. The Balaban J connectivity index is 2.32. The Hall–Kier alpha value is -1.87. The maximum atomic E-state index is 11.8. The van der Waals surface area contributed by atoms with Crippen LogP contribution in [0.5, 0.6) is 0 Å². The summed E-state index contributed by atoms with van der Waals surface area (Å²) in [6.45, 7) is 5.84. The minimum absolute atomic E-state index is 0.0489. The minimum Gasteiger partial charge on any atom is -0.325 e. The zero-order valence-electron chi connectivity index (χ0n) is 10.7. The maximum Gasteiger partial charge on any atom is 0.241 e. The highest BCUT2D eigenvalue weighted by atomic mass is 16.2. The predicted octanol–water partition coefficient (Wildman–Crippen LogP) is 2.57. The summed E-state index contributed by atoms with van der Waals surface area (Å²) in [5, 5.41) is 7.98. The second-order valence-electron chi connectivity index (χ2n) is 4.36. The number of benzene rings is 2.